The minimum atomic E-state index is 0.337. The maximum Gasteiger partial charge on any atom is 0.00790 e. The van der Waals surface area contributed by atoms with Crippen molar-refractivity contribution in [2.24, 2.45) is 5.73 Å². The van der Waals surface area contributed by atoms with Crippen LogP contribution >= 0.6 is 11.3 Å². The molecule has 92 valence electrons. The molecule has 0 bridgehead atoms. The van der Waals surface area contributed by atoms with E-state index < -0.39 is 0 Å². The van der Waals surface area contributed by atoms with Crippen LogP contribution in [-0.4, -0.2) is 6.04 Å². The van der Waals surface area contributed by atoms with Crippen LogP contribution in [0.25, 0.3) is 0 Å². The van der Waals surface area contributed by atoms with Gasteiger partial charge < -0.3 is 5.73 Å². The molecular formula is C14H25NS. The van der Waals surface area contributed by atoms with Crippen LogP contribution in [0, 0.1) is 0 Å². The maximum atomic E-state index is 5.83. The van der Waals surface area contributed by atoms with Crippen molar-refractivity contribution in [2.45, 2.75) is 64.8 Å². The van der Waals surface area contributed by atoms with Crippen LogP contribution in [0.15, 0.2) is 12.1 Å². The molecule has 0 aromatic carbocycles. The summed E-state index contributed by atoms with van der Waals surface area (Å²) in [7, 11) is 0. The Labute approximate surface area is 104 Å². The quantitative estimate of drug-likeness (QED) is 0.753. The SMILES string of the molecule is CCCc1ccc(C(CC)CCC(C)N)s1. The first-order valence-corrected chi connectivity index (χ1v) is 7.33. The number of nitrogens with two attached hydrogens (primary N) is 1. The van der Waals surface area contributed by atoms with Crippen LogP contribution in [0.2, 0.25) is 0 Å². The summed E-state index contributed by atoms with van der Waals surface area (Å²) in [6.45, 7) is 6.63. The first kappa shape index (κ1) is 13.7. The maximum absolute atomic E-state index is 5.83. The zero-order chi connectivity index (χ0) is 12.0. The minimum Gasteiger partial charge on any atom is -0.328 e. The number of thiophene rings is 1. The third kappa shape index (κ3) is 4.26. The van der Waals surface area contributed by atoms with Gasteiger partial charge in [-0.25, -0.2) is 0 Å². The first-order valence-electron chi connectivity index (χ1n) is 6.51. The molecule has 0 aliphatic rings. The van der Waals surface area contributed by atoms with Crippen molar-refractivity contribution in [3.05, 3.63) is 21.9 Å². The van der Waals surface area contributed by atoms with Gasteiger partial charge in [0, 0.05) is 15.8 Å². The zero-order valence-electron chi connectivity index (χ0n) is 10.8. The van der Waals surface area contributed by atoms with Gasteiger partial charge in [0.15, 0.2) is 0 Å². The normalized spacial score (nSPS) is 15.0. The van der Waals surface area contributed by atoms with Gasteiger partial charge in [-0.2, -0.15) is 0 Å². The number of hydrogen-bond donors (Lipinski definition) is 1. The molecule has 2 N–H and O–H groups in total. The average Bonchev–Trinajstić information content (AvgIpc) is 2.68. The molecule has 1 aromatic heterocycles. The van der Waals surface area contributed by atoms with Crippen LogP contribution in [-0.2, 0) is 6.42 Å². The van der Waals surface area contributed by atoms with Gasteiger partial charge in [0.2, 0.25) is 0 Å². The minimum absolute atomic E-state index is 0.337. The third-order valence-electron chi connectivity index (χ3n) is 3.04. The van der Waals surface area contributed by atoms with Crippen LogP contribution in [0.4, 0.5) is 0 Å². The van der Waals surface area contributed by atoms with Crippen molar-refractivity contribution in [1.82, 2.24) is 0 Å². The molecule has 0 aliphatic heterocycles. The van der Waals surface area contributed by atoms with Crippen LogP contribution in [0.5, 0.6) is 0 Å². The lowest BCUT2D eigenvalue weighted by Crippen LogP contribution is -2.15. The molecule has 1 aromatic rings. The molecule has 16 heavy (non-hydrogen) atoms. The fourth-order valence-corrected chi connectivity index (χ4v) is 3.34. The van der Waals surface area contributed by atoms with Crippen molar-refractivity contribution in [3.63, 3.8) is 0 Å². The largest absolute Gasteiger partial charge is 0.328 e. The second-order valence-electron chi connectivity index (χ2n) is 4.71. The molecule has 0 spiro atoms. The van der Waals surface area contributed by atoms with Gasteiger partial charge in [-0.1, -0.05) is 20.3 Å². The molecule has 1 heterocycles. The molecule has 0 radical (unpaired) electrons. The van der Waals surface area contributed by atoms with Crippen molar-refractivity contribution < 1.29 is 0 Å². The van der Waals surface area contributed by atoms with E-state index in [1.165, 1.54) is 30.6 Å². The van der Waals surface area contributed by atoms with Gasteiger partial charge in [-0.3, -0.25) is 0 Å². The van der Waals surface area contributed by atoms with Crippen molar-refractivity contribution in [2.75, 3.05) is 0 Å². The van der Waals surface area contributed by atoms with E-state index in [9.17, 15) is 0 Å². The molecule has 0 amide bonds. The smallest absolute Gasteiger partial charge is 0.00790 e. The van der Waals surface area contributed by atoms with Crippen LogP contribution in [0.1, 0.15) is 62.1 Å². The summed E-state index contributed by atoms with van der Waals surface area (Å²) < 4.78 is 0. The Morgan fingerprint density at radius 2 is 2.00 bits per heavy atom. The molecule has 1 rings (SSSR count). The summed E-state index contributed by atoms with van der Waals surface area (Å²) in [4.78, 5) is 3.10. The fourth-order valence-electron chi connectivity index (χ4n) is 2.01. The van der Waals surface area contributed by atoms with Gasteiger partial charge in [-0.15, -0.1) is 11.3 Å². The lowest BCUT2D eigenvalue weighted by atomic mass is 9.96. The predicted molar refractivity (Wildman–Crippen MR) is 74.2 cm³/mol. The summed E-state index contributed by atoms with van der Waals surface area (Å²) in [6, 6.07) is 4.97. The molecule has 0 aliphatic carbocycles. The molecule has 0 fully saturated rings. The topological polar surface area (TPSA) is 26.0 Å². The Morgan fingerprint density at radius 1 is 1.25 bits per heavy atom. The first-order chi connectivity index (χ1) is 7.67. The van der Waals surface area contributed by atoms with E-state index in [1.807, 2.05) is 11.3 Å². The molecular weight excluding hydrogens is 214 g/mol. The highest BCUT2D eigenvalue weighted by atomic mass is 32.1. The highest BCUT2D eigenvalue weighted by Gasteiger charge is 2.12. The standard InChI is InChI=1S/C14H25NS/c1-4-6-13-9-10-14(16-13)12(5-2)8-7-11(3)15/h9-12H,4-8,15H2,1-3H3. The van der Waals surface area contributed by atoms with Gasteiger partial charge in [0.05, 0.1) is 0 Å². The van der Waals surface area contributed by atoms with E-state index >= 15 is 0 Å². The highest BCUT2D eigenvalue weighted by molar-refractivity contribution is 7.12. The Hall–Kier alpha value is -0.340. The monoisotopic (exact) mass is 239 g/mol. The van der Waals surface area contributed by atoms with Gasteiger partial charge >= 0.3 is 0 Å². The van der Waals surface area contributed by atoms with E-state index in [0.29, 0.717) is 6.04 Å². The molecule has 0 saturated heterocycles. The number of rotatable bonds is 7. The van der Waals surface area contributed by atoms with Gasteiger partial charge in [-0.05, 0) is 50.7 Å². The number of hydrogen-bond acceptors (Lipinski definition) is 2. The van der Waals surface area contributed by atoms with Crippen molar-refractivity contribution >= 4 is 11.3 Å². The number of aryl methyl sites for hydroxylation is 1. The van der Waals surface area contributed by atoms with E-state index in [0.717, 1.165) is 12.3 Å². The van der Waals surface area contributed by atoms with Gasteiger partial charge in [0.1, 0.15) is 0 Å². The Kier molecular flexibility index (Phi) is 6.07. The Morgan fingerprint density at radius 3 is 2.56 bits per heavy atom. The molecule has 2 unspecified atom stereocenters. The van der Waals surface area contributed by atoms with Crippen LogP contribution < -0.4 is 5.73 Å². The lowest BCUT2D eigenvalue weighted by molar-refractivity contribution is 0.538. The van der Waals surface area contributed by atoms with E-state index in [1.54, 1.807) is 4.88 Å². The van der Waals surface area contributed by atoms with Crippen molar-refractivity contribution in [1.29, 1.82) is 0 Å². The summed E-state index contributed by atoms with van der Waals surface area (Å²) in [5.74, 6) is 0.724. The van der Waals surface area contributed by atoms with Crippen molar-refractivity contribution in [3.8, 4) is 0 Å². The molecule has 2 heteroatoms. The Bertz CT molecular complexity index is 291. The average molecular weight is 239 g/mol. The Balaban J connectivity index is 2.56. The van der Waals surface area contributed by atoms with E-state index in [2.05, 4.69) is 32.9 Å². The third-order valence-corrected chi connectivity index (χ3v) is 4.35. The highest BCUT2D eigenvalue weighted by Crippen LogP contribution is 2.31. The molecule has 0 saturated carbocycles. The lowest BCUT2D eigenvalue weighted by Gasteiger charge is -2.14. The molecule has 2 atom stereocenters. The predicted octanol–water partition coefficient (Wildman–Crippen LogP) is 4.32. The summed E-state index contributed by atoms with van der Waals surface area (Å²) in [5.41, 5.74) is 5.83. The second kappa shape index (κ2) is 7.08. The van der Waals surface area contributed by atoms with Gasteiger partial charge in [0.25, 0.3) is 0 Å². The molecule has 1 nitrogen and oxygen atoms in total. The van der Waals surface area contributed by atoms with Crippen LogP contribution in [0.3, 0.4) is 0 Å². The second-order valence-corrected chi connectivity index (χ2v) is 5.91. The zero-order valence-corrected chi connectivity index (χ0v) is 11.6. The summed E-state index contributed by atoms with van der Waals surface area (Å²) in [5, 5.41) is 0. The van der Waals surface area contributed by atoms with E-state index in [4.69, 9.17) is 5.73 Å². The van der Waals surface area contributed by atoms with E-state index in [-0.39, 0.29) is 0 Å². The summed E-state index contributed by atoms with van der Waals surface area (Å²) in [6.07, 6.45) is 6.09. The summed E-state index contributed by atoms with van der Waals surface area (Å²) >= 11 is 2.00. The fraction of sp³-hybridized carbons (Fsp3) is 0.714.